The van der Waals surface area contributed by atoms with Crippen molar-refractivity contribution < 1.29 is 14.2 Å². The van der Waals surface area contributed by atoms with Crippen LogP contribution in [0.2, 0.25) is 0 Å². The molecule has 6 nitrogen and oxygen atoms in total. The number of nitrogens with zero attached hydrogens (tertiary/aromatic N) is 3. The van der Waals surface area contributed by atoms with Gasteiger partial charge >= 0.3 is 0 Å². The second-order valence-electron chi connectivity index (χ2n) is 9.67. The molecule has 0 radical (unpaired) electrons. The molecule has 39 heavy (non-hydrogen) atoms. The molecule has 0 spiro atoms. The van der Waals surface area contributed by atoms with Crippen molar-refractivity contribution in [2.24, 2.45) is 5.73 Å². The highest BCUT2D eigenvalue weighted by molar-refractivity contribution is 5.63. The van der Waals surface area contributed by atoms with E-state index < -0.39 is 5.82 Å². The average Bonchev–Trinajstić information content (AvgIpc) is 3.27. The molecule has 200 valence electrons. The largest absolute Gasteiger partial charge is 0.493 e. The normalized spacial score (nSPS) is 11.2. The fraction of sp³-hybridized carbons (Fsp3) is 0.250. The summed E-state index contributed by atoms with van der Waals surface area (Å²) >= 11 is 0. The Hall–Kier alpha value is -4.23. The molecule has 0 aliphatic rings. The third-order valence-electron chi connectivity index (χ3n) is 6.73. The van der Waals surface area contributed by atoms with Gasteiger partial charge in [0.2, 0.25) is 5.88 Å². The van der Waals surface area contributed by atoms with Gasteiger partial charge in [0.15, 0.2) is 17.2 Å². The van der Waals surface area contributed by atoms with E-state index in [9.17, 15) is 9.50 Å². The van der Waals surface area contributed by atoms with Crippen LogP contribution in [-0.2, 0) is 12.8 Å². The second kappa shape index (κ2) is 12.5. The van der Waals surface area contributed by atoms with Crippen LogP contribution in [0.1, 0.15) is 48.2 Å². The van der Waals surface area contributed by atoms with Gasteiger partial charge in [0.1, 0.15) is 5.69 Å². The van der Waals surface area contributed by atoms with Gasteiger partial charge in [0.05, 0.1) is 18.0 Å². The standard InChI is InChI=1S/C32H33FN4O2/c33-26-19-24(15-16-30(26)39-18-10-2-1-9-17-34)21-28-32(38)37-22-29(25-13-7-4-8-14-25)35-27(31(37)36-28)20-23-11-5-3-6-12-23/h3-8,11-16,19,22,38H,1-2,9-10,17-18,20-21,34H2. The van der Waals surface area contributed by atoms with Crippen molar-refractivity contribution in [3.8, 4) is 22.9 Å². The zero-order valence-electron chi connectivity index (χ0n) is 21.9. The van der Waals surface area contributed by atoms with Crippen LogP contribution in [0.25, 0.3) is 16.9 Å². The van der Waals surface area contributed by atoms with Crippen molar-refractivity contribution in [1.82, 2.24) is 14.4 Å². The molecule has 0 aliphatic carbocycles. The lowest BCUT2D eigenvalue weighted by Gasteiger charge is -2.09. The molecule has 2 aromatic heterocycles. The van der Waals surface area contributed by atoms with Gasteiger partial charge in [-0.15, -0.1) is 0 Å². The van der Waals surface area contributed by atoms with E-state index >= 15 is 0 Å². The third-order valence-corrected chi connectivity index (χ3v) is 6.73. The Morgan fingerprint density at radius 3 is 2.26 bits per heavy atom. The molecular weight excluding hydrogens is 491 g/mol. The Labute approximate surface area is 227 Å². The number of aromatic nitrogens is 3. The number of halogens is 1. The van der Waals surface area contributed by atoms with Gasteiger partial charge in [-0.25, -0.2) is 14.4 Å². The van der Waals surface area contributed by atoms with Gasteiger partial charge in [0, 0.05) is 24.6 Å². The van der Waals surface area contributed by atoms with Crippen molar-refractivity contribution in [2.45, 2.75) is 38.5 Å². The van der Waals surface area contributed by atoms with Gasteiger partial charge in [-0.1, -0.05) is 79.6 Å². The average molecular weight is 525 g/mol. The Balaban J connectivity index is 1.40. The number of hydrogen-bond donors (Lipinski definition) is 2. The number of rotatable bonds is 12. The molecule has 2 heterocycles. The first-order valence-corrected chi connectivity index (χ1v) is 13.4. The van der Waals surface area contributed by atoms with Gasteiger partial charge in [-0.3, -0.25) is 4.40 Å². The number of fused-ring (bicyclic) bond motifs is 1. The summed E-state index contributed by atoms with van der Waals surface area (Å²) in [5, 5.41) is 11.2. The van der Waals surface area contributed by atoms with Crippen molar-refractivity contribution in [3.05, 3.63) is 113 Å². The monoisotopic (exact) mass is 524 g/mol. The van der Waals surface area contributed by atoms with E-state index in [1.807, 2.05) is 66.7 Å². The maximum Gasteiger partial charge on any atom is 0.219 e. The minimum Gasteiger partial charge on any atom is -0.493 e. The predicted molar refractivity (Wildman–Crippen MR) is 152 cm³/mol. The van der Waals surface area contributed by atoms with Gasteiger partial charge in [-0.05, 0) is 42.6 Å². The molecule has 0 aliphatic heterocycles. The fourth-order valence-electron chi connectivity index (χ4n) is 4.66. The highest BCUT2D eigenvalue weighted by atomic mass is 19.1. The van der Waals surface area contributed by atoms with Crippen LogP contribution in [0.4, 0.5) is 4.39 Å². The SMILES string of the molecule is NCCCCCCOc1ccc(Cc2nc3c(Cc4ccccc4)nc(-c4ccccc4)cn3c2O)cc1F. The van der Waals surface area contributed by atoms with Crippen LogP contribution in [0.15, 0.2) is 85.1 Å². The molecule has 3 N–H and O–H groups in total. The van der Waals surface area contributed by atoms with Gasteiger partial charge in [-0.2, -0.15) is 0 Å². The Kier molecular flexibility index (Phi) is 8.48. The maximum atomic E-state index is 14.8. The molecule has 7 heteroatoms. The van der Waals surface area contributed by atoms with Gasteiger partial charge in [0.25, 0.3) is 0 Å². The second-order valence-corrected chi connectivity index (χ2v) is 9.67. The zero-order chi connectivity index (χ0) is 27.0. The molecule has 5 rings (SSSR count). The molecule has 0 amide bonds. The molecule has 5 aromatic rings. The quantitative estimate of drug-likeness (QED) is 0.187. The lowest BCUT2D eigenvalue weighted by atomic mass is 10.1. The maximum absolute atomic E-state index is 14.8. The minimum absolute atomic E-state index is 0.0251. The van der Waals surface area contributed by atoms with Crippen molar-refractivity contribution >= 4 is 5.65 Å². The first-order chi connectivity index (χ1) is 19.1. The van der Waals surface area contributed by atoms with Crippen LogP contribution in [0.5, 0.6) is 11.6 Å². The molecule has 0 saturated heterocycles. The smallest absolute Gasteiger partial charge is 0.219 e. The number of aromatic hydroxyl groups is 1. The van der Waals surface area contributed by atoms with E-state index in [-0.39, 0.29) is 18.1 Å². The van der Waals surface area contributed by atoms with E-state index in [1.165, 1.54) is 6.07 Å². The van der Waals surface area contributed by atoms with Crippen molar-refractivity contribution in [3.63, 3.8) is 0 Å². The molecule has 0 atom stereocenters. The molecule has 0 unspecified atom stereocenters. The Bertz CT molecular complexity index is 1520. The van der Waals surface area contributed by atoms with E-state index in [0.29, 0.717) is 36.5 Å². The number of hydrogen-bond acceptors (Lipinski definition) is 5. The minimum atomic E-state index is -0.421. The number of nitrogens with two attached hydrogens (primary N) is 1. The first-order valence-electron chi connectivity index (χ1n) is 13.4. The van der Waals surface area contributed by atoms with Crippen LogP contribution >= 0.6 is 0 Å². The Morgan fingerprint density at radius 2 is 1.51 bits per heavy atom. The summed E-state index contributed by atoms with van der Waals surface area (Å²) in [5.41, 5.74) is 10.8. The summed E-state index contributed by atoms with van der Waals surface area (Å²) in [6, 6.07) is 24.8. The van der Waals surface area contributed by atoms with E-state index in [0.717, 1.165) is 48.2 Å². The Morgan fingerprint density at radius 1 is 0.795 bits per heavy atom. The molecular formula is C32H33FN4O2. The summed E-state index contributed by atoms with van der Waals surface area (Å²) in [5.74, 6) is -0.161. The summed E-state index contributed by atoms with van der Waals surface area (Å²) < 4.78 is 22.1. The summed E-state index contributed by atoms with van der Waals surface area (Å²) in [6.07, 6.45) is 6.56. The van der Waals surface area contributed by atoms with E-state index in [4.69, 9.17) is 20.4 Å². The van der Waals surface area contributed by atoms with Crippen molar-refractivity contribution in [2.75, 3.05) is 13.2 Å². The van der Waals surface area contributed by atoms with Gasteiger partial charge < -0.3 is 15.6 Å². The van der Waals surface area contributed by atoms with Crippen LogP contribution in [0.3, 0.4) is 0 Å². The van der Waals surface area contributed by atoms with E-state index in [2.05, 4.69) is 0 Å². The highest BCUT2D eigenvalue weighted by Crippen LogP contribution is 2.29. The van der Waals surface area contributed by atoms with Crippen LogP contribution in [0, 0.1) is 5.82 Å². The molecule has 0 saturated carbocycles. The zero-order valence-corrected chi connectivity index (χ0v) is 21.9. The molecule has 0 bridgehead atoms. The number of imidazole rings is 1. The lowest BCUT2D eigenvalue weighted by molar-refractivity contribution is 0.290. The van der Waals surface area contributed by atoms with Crippen LogP contribution in [-0.4, -0.2) is 32.6 Å². The van der Waals surface area contributed by atoms with Crippen molar-refractivity contribution in [1.29, 1.82) is 0 Å². The molecule has 3 aromatic carbocycles. The lowest BCUT2D eigenvalue weighted by Crippen LogP contribution is -2.02. The van der Waals surface area contributed by atoms with Crippen LogP contribution < -0.4 is 10.5 Å². The number of unbranched alkanes of at least 4 members (excludes halogenated alkanes) is 3. The van der Waals surface area contributed by atoms with E-state index in [1.54, 1.807) is 16.7 Å². The summed E-state index contributed by atoms with van der Waals surface area (Å²) in [6.45, 7) is 1.16. The number of benzene rings is 3. The first kappa shape index (κ1) is 26.4. The summed E-state index contributed by atoms with van der Waals surface area (Å²) in [7, 11) is 0. The summed E-state index contributed by atoms with van der Waals surface area (Å²) in [4.78, 5) is 9.69. The third kappa shape index (κ3) is 6.44. The topological polar surface area (TPSA) is 85.7 Å². The predicted octanol–water partition coefficient (Wildman–Crippen LogP) is 6.32. The number of ether oxygens (including phenoxy) is 1. The fourth-order valence-corrected chi connectivity index (χ4v) is 4.66. The molecule has 0 fully saturated rings. The highest BCUT2D eigenvalue weighted by Gasteiger charge is 2.18.